The van der Waals surface area contributed by atoms with E-state index in [1.165, 1.54) is 0 Å². The predicted molar refractivity (Wildman–Crippen MR) is 90.3 cm³/mol. The normalized spacial score (nSPS) is 11.0. The molecule has 5 heteroatoms. The van der Waals surface area contributed by atoms with Crippen LogP contribution in [-0.4, -0.2) is 22.9 Å². The zero-order chi connectivity index (χ0) is 16.2. The molecule has 0 atom stereocenters. The van der Waals surface area contributed by atoms with Gasteiger partial charge in [-0.05, 0) is 30.7 Å². The quantitative estimate of drug-likeness (QED) is 0.683. The van der Waals surface area contributed by atoms with Crippen LogP contribution in [0.3, 0.4) is 0 Å². The van der Waals surface area contributed by atoms with Crippen molar-refractivity contribution in [3.05, 3.63) is 54.1 Å². The summed E-state index contributed by atoms with van der Waals surface area (Å²) in [6.45, 7) is 3.76. The molecular formula is C18H22N3O2+. The molecule has 0 spiro atoms. The molecule has 1 aromatic heterocycles. The van der Waals surface area contributed by atoms with Gasteiger partial charge in [0.2, 0.25) is 0 Å². The summed E-state index contributed by atoms with van der Waals surface area (Å²) in [6, 6.07) is 16.0. The van der Waals surface area contributed by atoms with Crippen molar-refractivity contribution in [2.75, 3.05) is 18.9 Å². The Bertz CT molecular complexity index is 811. The molecule has 3 aromatic rings. The molecule has 0 fully saturated rings. The van der Waals surface area contributed by atoms with Gasteiger partial charge < -0.3 is 9.84 Å². The SMILES string of the molecule is Cc1ccccc1OCCn1c(N)[n+](CCO)c2ccccc21. The second-order valence-corrected chi connectivity index (χ2v) is 5.49. The maximum atomic E-state index is 9.26. The first-order valence-corrected chi connectivity index (χ1v) is 7.78. The van der Waals surface area contributed by atoms with E-state index in [1.54, 1.807) is 0 Å². The number of nitrogen functional groups attached to an aromatic ring is 1. The van der Waals surface area contributed by atoms with E-state index in [2.05, 4.69) is 0 Å². The van der Waals surface area contributed by atoms with Gasteiger partial charge in [0.25, 0.3) is 0 Å². The summed E-state index contributed by atoms with van der Waals surface area (Å²) in [7, 11) is 0. The van der Waals surface area contributed by atoms with Crippen molar-refractivity contribution in [2.24, 2.45) is 0 Å². The zero-order valence-corrected chi connectivity index (χ0v) is 13.3. The lowest BCUT2D eigenvalue weighted by atomic mass is 10.2. The third-order valence-electron chi connectivity index (χ3n) is 4.01. The summed E-state index contributed by atoms with van der Waals surface area (Å²) >= 11 is 0. The Hall–Kier alpha value is -2.53. The van der Waals surface area contributed by atoms with Gasteiger partial charge in [-0.25, -0.2) is 9.13 Å². The Labute approximate surface area is 135 Å². The van der Waals surface area contributed by atoms with E-state index < -0.39 is 0 Å². The van der Waals surface area contributed by atoms with Crippen LogP contribution < -0.4 is 15.0 Å². The maximum absolute atomic E-state index is 9.26. The van der Waals surface area contributed by atoms with E-state index in [-0.39, 0.29) is 6.61 Å². The number of imidazole rings is 1. The lowest BCUT2D eigenvalue weighted by molar-refractivity contribution is -0.658. The lowest BCUT2D eigenvalue weighted by Crippen LogP contribution is -2.38. The molecule has 0 saturated heterocycles. The topological polar surface area (TPSA) is 64.3 Å². The van der Waals surface area contributed by atoms with Crippen LogP contribution in [0, 0.1) is 6.92 Å². The molecule has 5 nitrogen and oxygen atoms in total. The third-order valence-corrected chi connectivity index (χ3v) is 4.01. The Kier molecular flexibility index (Phi) is 4.48. The molecule has 0 aliphatic carbocycles. The number of aliphatic hydroxyl groups is 1. The van der Waals surface area contributed by atoms with Crippen LogP contribution in [0.15, 0.2) is 48.5 Å². The fourth-order valence-corrected chi connectivity index (χ4v) is 2.85. The largest absolute Gasteiger partial charge is 0.490 e. The molecule has 0 aliphatic rings. The number of hydrogen-bond donors (Lipinski definition) is 2. The summed E-state index contributed by atoms with van der Waals surface area (Å²) in [5.74, 6) is 1.53. The van der Waals surface area contributed by atoms with Crippen LogP contribution in [0.4, 0.5) is 5.95 Å². The van der Waals surface area contributed by atoms with Gasteiger partial charge in [0, 0.05) is 0 Å². The monoisotopic (exact) mass is 312 g/mol. The minimum Gasteiger partial charge on any atom is -0.490 e. The van der Waals surface area contributed by atoms with E-state index in [9.17, 15) is 5.11 Å². The van der Waals surface area contributed by atoms with Crippen LogP contribution in [0.5, 0.6) is 5.75 Å². The summed E-state index contributed by atoms with van der Waals surface area (Å²) in [6.07, 6.45) is 0. The van der Waals surface area contributed by atoms with Crippen LogP contribution in [-0.2, 0) is 13.1 Å². The summed E-state index contributed by atoms with van der Waals surface area (Å²) in [5, 5.41) is 9.26. The number of nitrogens with two attached hydrogens (primary N) is 1. The van der Waals surface area contributed by atoms with E-state index in [0.29, 0.717) is 25.6 Å². The number of fused-ring (bicyclic) bond motifs is 1. The first kappa shape index (κ1) is 15.4. The van der Waals surface area contributed by atoms with Crippen molar-refractivity contribution in [2.45, 2.75) is 20.0 Å². The Morgan fingerprint density at radius 2 is 1.87 bits per heavy atom. The average Bonchev–Trinajstić information content (AvgIpc) is 2.83. The van der Waals surface area contributed by atoms with Crippen LogP contribution in [0.2, 0.25) is 0 Å². The highest BCUT2D eigenvalue weighted by Gasteiger charge is 2.20. The second-order valence-electron chi connectivity index (χ2n) is 5.49. The Morgan fingerprint density at radius 3 is 2.65 bits per heavy atom. The molecule has 2 aromatic carbocycles. The summed E-state index contributed by atoms with van der Waals surface area (Å²) < 4.78 is 9.84. The van der Waals surface area contributed by atoms with Gasteiger partial charge in [0.05, 0.1) is 13.2 Å². The summed E-state index contributed by atoms with van der Waals surface area (Å²) in [5.41, 5.74) is 9.46. The minimum atomic E-state index is 0.0581. The smallest absolute Gasteiger partial charge is 0.356 e. The molecule has 1 heterocycles. The molecule has 0 saturated carbocycles. The fourth-order valence-electron chi connectivity index (χ4n) is 2.85. The van der Waals surface area contributed by atoms with Crippen molar-refractivity contribution < 1.29 is 14.4 Å². The highest BCUT2D eigenvalue weighted by molar-refractivity contribution is 5.73. The van der Waals surface area contributed by atoms with Gasteiger partial charge in [-0.2, -0.15) is 0 Å². The van der Waals surface area contributed by atoms with E-state index >= 15 is 0 Å². The van der Waals surface area contributed by atoms with Gasteiger partial charge in [-0.3, -0.25) is 5.73 Å². The van der Waals surface area contributed by atoms with Crippen LogP contribution in [0.25, 0.3) is 11.0 Å². The molecule has 0 amide bonds. The van der Waals surface area contributed by atoms with Crippen LogP contribution >= 0.6 is 0 Å². The number of para-hydroxylation sites is 3. The third kappa shape index (κ3) is 3.00. The molecule has 120 valence electrons. The van der Waals surface area contributed by atoms with E-state index in [1.807, 2.05) is 64.6 Å². The van der Waals surface area contributed by atoms with E-state index in [0.717, 1.165) is 22.3 Å². The van der Waals surface area contributed by atoms with Crippen molar-refractivity contribution in [3.8, 4) is 5.75 Å². The van der Waals surface area contributed by atoms with Gasteiger partial charge in [0.1, 0.15) is 29.9 Å². The number of rotatable bonds is 6. The molecule has 0 aliphatic heterocycles. The standard InChI is InChI=1S/C18H21N3O2/c1-14-6-2-5-9-17(14)23-13-11-21-16-8-4-3-7-15(16)20(10-12-22)18(21)19/h2-9,19,22H,10-13H2,1H3/p+1. The van der Waals surface area contributed by atoms with Crippen LogP contribution in [0.1, 0.15) is 5.56 Å². The first-order chi connectivity index (χ1) is 11.2. The first-order valence-electron chi connectivity index (χ1n) is 7.78. The molecule has 3 rings (SSSR count). The van der Waals surface area contributed by atoms with Gasteiger partial charge in [0.15, 0.2) is 0 Å². The lowest BCUT2D eigenvalue weighted by Gasteiger charge is -2.08. The molecule has 0 bridgehead atoms. The van der Waals surface area contributed by atoms with E-state index in [4.69, 9.17) is 10.5 Å². The summed E-state index contributed by atoms with van der Waals surface area (Å²) in [4.78, 5) is 0. The van der Waals surface area contributed by atoms with Crippen molar-refractivity contribution in [3.63, 3.8) is 0 Å². The Morgan fingerprint density at radius 1 is 1.13 bits per heavy atom. The van der Waals surface area contributed by atoms with Crippen molar-refractivity contribution in [1.82, 2.24) is 4.57 Å². The highest BCUT2D eigenvalue weighted by atomic mass is 16.5. The molecule has 23 heavy (non-hydrogen) atoms. The van der Waals surface area contributed by atoms with Crippen molar-refractivity contribution >= 4 is 17.0 Å². The predicted octanol–water partition coefficient (Wildman–Crippen LogP) is 1.89. The number of anilines is 1. The van der Waals surface area contributed by atoms with Gasteiger partial charge >= 0.3 is 5.95 Å². The number of aromatic nitrogens is 2. The number of nitrogens with zero attached hydrogens (tertiary/aromatic N) is 2. The number of ether oxygens (including phenoxy) is 1. The molecular weight excluding hydrogens is 290 g/mol. The second kappa shape index (κ2) is 6.71. The number of aliphatic hydroxyl groups excluding tert-OH is 1. The maximum Gasteiger partial charge on any atom is 0.356 e. The molecule has 3 N–H and O–H groups in total. The molecule has 0 radical (unpaired) electrons. The zero-order valence-electron chi connectivity index (χ0n) is 13.3. The Balaban J connectivity index is 1.83. The highest BCUT2D eigenvalue weighted by Crippen LogP contribution is 2.18. The van der Waals surface area contributed by atoms with Gasteiger partial charge in [-0.1, -0.05) is 30.3 Å². The number of benzene rings is 2. The minimum absolute atomic E-state index is 0.0581. The molecule has 0 unspecified atom stereocenters. The fraction of sp³-hybridized carbons (Fsp3) is 0.278. The van der Waals surface area contributed by atoms with Crippen molar-refractivity contribution in [1.29, 1.82) is 0 Å². The number of aryl methyl sites for hydroxylation is 1. The number of hydrogen-bond acceptors (Lipinski definition) is 3. The van der Waals surface area contributed by atoms with Gasteiger partial charge in [-0.15, -0.1) is 0 Å². The average molecular weight is 312 g/mol.